The molecule has 64 heavy (non-hydrogen) atoms. The van der Waals surface area contributed by atoms with Crippen LogP contribution in [0.5, 0.6) is 0 Å². The third kappa shape index (κ3) is 6.35. The van der Waals surface area contributed by atoms with Crippen molar-refractivity contribution >= 4 is 27.2 Å². The third-order valence-corrected chi connectivity index (χ3v) is 12.5. The van der Waals surface area contributed by atoms with E-state index in [9.17, 15) is 0 Å². The van der Waals surface area contributed by atoms with Gasteiger partial charge in [-0.3, -0.25) is 0 Å². The fourth-order valence-corrected chi connectivity index (χ4v) is 9.44. The van der Waals surface area contributed by atoms with Crippen LogP contribution in [0, 0.1) is 6.57 Å². The van der Waals surface area contributed by atoms with Crippen molar-refractivity contribution in [3.05, 3.63) is 230 Å². The van der Waals surface area contributed by atoms with Crippen molar-refractivity contribution in [1.82, 2.24) is 15.0 Å². The summed E-state index contributed by atoms with van der Waals surface area (Å²) in [7, 11) is 0. The number of benzene rings is 10. The summed E-state index contributed by atoms with van der Waals surface area (Å²) in [6.07, 6.45) is 0. The van der Waals surface area contributed by atoms with Crippen LogP contribution in [0.3, 0.4) is 0 Å². The summed E-state index contributed by atoms with van der Waals surface area (Å²) in [6, 6.07) is 76.4. The zero-order valence-corrected chi connectivity index (χ0v) is 34.6. The maximum absolute atomic E-state index is 7.92. The van der Waals surface area contributed by atoms with Gasteiger partial charge < -0.3 is 0 Å². The van der Waals surface area contributed by atoms with E-state index in [1.165, 1.54) is 49.4 Å². The maximum Gasteiger partial charge on any atom is 0.187 e. The Bertz CT molecular complexity index is 3670. The van der Waals surface area contributed by atoms with Gasteiger partial charge in [-0.05, 0) is 107 Å². The average Bonchev–Trinajstić information content (AvgIpc) is 3.70. The van der Waals surface area contributed by atoms with Gasteiger partial charge in [0.2, 0.25) is 0 Å². The Labute approximate surface area is 371 Å². The second-order valence-corrected chi connectivity index (χ2v) is 16.2. The minimum atomic E-state index is 0.583. The van der Waals surface area contributed by atoms with Crippen molar-refractivity contribution in [2.45, 2.75) is 0 Å². The van der Waals surface area contributed by atoms with Crippen molar-refractivity contribution in [3.63, 3.8) is 0 Å². The standard InChI is InChI=1S/C60H36N4/c1-61-46-32-34-48(45-20-9-19-43(35-45)44-31-33-51-52-25-11-17-40-18-12-26-53(57(40)52)56(51)36-44)55(37-46)39-27-29-42(30-28-39)59-62-58(41-14-3-2-4-15-41)63-60(64-59)54-23-8-7-22-50(54)49-24-10-16-38-13-5-6-21-47(38)49/h2-37H. The van der Waals surface area contributed by atoms with Crippen molar-refractivity contribution < 1.29 is 0 Å². The van der Waals surface area contributed by atoms with Crippen LogP contribution >= 0.6 is 0 Å². The first-order valence-electron chi connectivity index (χ1n) is 21.5. The highest BCUT2D eigenvalue weighted by Gasteiger charge is 2.22. The molecule has 1 aliphatic rings. The molecular weight excluding hydrogens is 777 g/mol. The molecule has 1 aliphatic carbocycles. The Balaban J connectivity index is 0.930. The number of aromatic nitrogens is 3. The molecule has 10 aromatic carbocycles. The summed E-state index contributed by atoms with van der Waals surface area (Å²) in [5.41, 5.74) is 17.0. The fourth-order valence-electron chi connectivity index (χ4n) is 9.44. The highest BCUT2D eigenvalue weighted by molar-refractivity contribution is 6.15. The summed E-state index contributed by atoms with van der Waals surface area (Å²) in [6.45, 7) is 7.92. The lowest BCUT2D eigenvalue weighted by molar-refractivity contribution is 1.07. The van der Waals surface area contributed by atoms with Gasteiger partial charge in [0, 0.05) is 16.7 Å². The van der Waals surface area contributed by atoms with E-state index < -0.39 is 0 Å². The van der Waals surface area contributed by atoms with E-state index in [1.807, 2.05) is 48.5 Å². The monoisotopic (exact) mass is 812 g/mol. The van der Waals surface area contributed by atoms with E-state index in [1.54, 1.807) is 0 Å². The molecule has 0 radical (unpaired) electrons. The topological polar surface area (TPSA) is 43.0 Å². The van der Waals surface area contributed by atoms with Crippen LogP contribution in [0.4, 0.5) is 5.69 Å². The summed E-state index contributed by atoms with van der Waals surface area (Å²) in [5, 5.41) is 4.95. The highest BCUT2D eigenvalue weighted by atomic mass is 15.0. The predicted molar refractivity (Wildman–Crippen MR) is 264 cm³/mol. The van der Waals surface area contributed by atoms with E-state index in [0.717, 1.165) is 55.6 Å². The summed E-state index contributed by atoms with van der Waals surface area (Å²) in [5.74, 6) is 1.79. The van der Waals surface area contributed by atoms with E-state index >= 15 is 0 Å². The molecule has 0 unspecified atom stereocenters. The van der Waals surface area contributed by atoms with Crippen LogP contribution in [-0.4, -0.2) is 15.0 Å². The van der Waals surface area contributed by atoms with Gasteiger partial charge in [0.25, 0.3) is 0 Å². The largest absolute Gasteiger partial charge is 0.238 e. The van der Waals surface area contributed by atoms with Crippen molar-refractivity contribution in [2.24, 2.45) is 0 Å². The first-order valence-corrected chi connectivity index (χ1v) is 21.5. The number of hydrogen-bond acceptors (Lipinski definition) is 3. The van der Waals surface area contributed by atoms with Crippen LogP contribution in [0.1, 0.15) is 0 Å². The Morgan fingerprint density at radius 3 is 1.59 bits per heavy atom. The molecule has 0 N–H and O–H groups in total. The molecule has 4 heteroatoms. The zero-order valence-electron chi connectivity index (χ0n) is 34.6. The molecule has 0 fully saturated rings. The number of nitrogens with zero attached hydrogens (tertiary/aromatic N) is 4. The second-order valence-electron chi connectivity index (χ2n) is 16.2. The molecule has 1 aromatic heterocycles. The molecular formula is C60H36N4. The Morgan fingerprint density at radius 1 is 0.281 bits per heavy atom. The molecule has 0 spiro atoms. The molecule has 11 aromatic rings. The fraction of sp³-hybridized carbons (Fsp3) is 0. The molecule has 4 nitrogen and oxygen atoms in total. The summed E-state index contributed by atoms with van der Waals surface area (Å²) >= 11 is 0. The maximum atomic E-state index is 7.92. The molecule has 12 rings (SSSR count). The first kappa shape index (κ1) is 37.0. The lowest BCUT2D eigenvalue weighted by atomic mass is 9.91. The van der Waals surface area contributed by atoms with Crippen molar-refractivity contribution in [2.75, 3.05) is 0 Å². The number of fused-ring (bicyclic) bond motifs is 4. The van der Waals surface area contributed by atoms with Gasteiger partial charge in [0.1, 0.15) is 0 Å². The van der Waals surface area contributed by atoms with Crippen LogP contribution in [0.25, 0.3) is 127 Å². The van der Waals surface area contributed by atoms with Gasteiger partial charge in [0.05, 0.1) is 6.57 Å². The quantitative estimate of drug-likeness (QED) is 0.151. The van der Waals surface area contributed by atoms with Gasteiger partial charge in [-0.15, -0.1) is 0 Å². The Hall–Kier alpha value is -8.78. The molecule has 0 amide bonds. The van der Waals surface area contributed by atoms with Crippen molar-refractivity contribution in [3.8, 4) is 101 Å². The molecule has 0 bridgehead atoms. The van der Waals surface area contributed by atoms with Crippen LogP contribution in [0.15, 0.2) is 218 Å². The smallest absolute Gasteiger partial charge is 0.187 e. The number of hydrogen-bond donors (Lipinski definition) is 0. The lowest BCUT2D eigenvalue weighted by Gasteiger charge is -2.15. The predicted octanol–water partition coefficient (Wildman–Crippen LogP) is 16.0. The lowest BCUT2D eigenvalue weighted by Crippen LogP contribution is -2.01. The zero-order chi connectivity index (χ0) is 42.6. The molecule has 0 saturated heterocycles. The van der Waals surface area contributed by atoms with Gasteiger partial charge in [0.15, 0.2) is 23.2 Å². The minimum absolute atomic E-state index is 0.583. The van der Waals surface area contributed by atoms with Crippen molar-refractivity contribution in [1.29, 1.82) is 0 Å². The molecule has 0 atom stereocenters. The van der Waals surface area contributed by atoms with E-state index in [2.05, 4.69) is 175 Å². The average molecular weight is 813 g/mol. The molecule has 0 aliphatic heterocycles. The normalized spacial score (nSPS) is 11.4. The van der Waals surface area contributed by atoms with Gasteiger partial charge in [-0.25, -0.2) is 19.8 Å². The van der Waals surface area contributed by atoms with Crippen LogP contribution in [0.2, 0.25) is 0 Å². The van der Waals surface area contributed by atoms with Crippen LogP contribution in [-0.2, 0) is 0 Å². The first-order chi connectivity index (χ1) is 31.7. The SMILES string of the molecule is [C-]#[N+]c1ccc(-c2cccc(-c3ccc4c(c3)-c3cccc5cccc-4c35)c2)c(-c2ccc(-c3nc(-c4ccccc4)nc(-c4ccccc4-c4cccc5ccccc45)n3)cc2)c1. The van der Waals surface area contributed by atoms with Gasteiger partial charge in [-0.1, -0.05) is 200 Å². The van der Waals surface area contributed by atoms with Gasteiger partial charge >= 0.3 is 0 Å². The third-order valence-electron chi connectivity index (χ3n) is 12.5. The molecule has 0 saturated carbocycles. The summed E-state index contributed by atoms with van der Waals surface area (Å²) < 4.78 is 0. The minimum Gasteiger partial charge on any atom is -0.238 e. The van der Waals surface area contributed by atoms with Crippen LogP contribution < -0.4 is 0 Å². The van der Waals surface area contributed by atoms with Gasteiger partial charge in [-0.2, -0.15) is 0 Å². The Morgan fingerprint density at radius 2 is 0.797 bits per heavy atom. The van der Waals surface area contributed by atoms with E-state index in [4.69, 9.17) is 21.5 Å². The molecule has 1 heterocycles. The van der Waals surface area contributed by atoms with E-state index in [0.29, 0.717) is 23.2 Å². The number of rotatable bonds is 7. The molecule has 296 valence electrons. The highest BCUT2D eigenvalue weighted by Crippen LogP contribution is 2.48. The Kier molecular flexibility index (Phi) is 8.84. The second kappa shape index (κ2) is 15.3. The summed E-state index contributed by atoms with van der Waals surface area (Å²) in [4.78, 5) is 19.2. The van der Waals surface area contributed by atoms with E-state index in [-0.39, 0.29) is 0 Å².